The molecule has 2 aliphatic heterocycles. The minimum absolute atomic E-state index is 0.917. The van der Waals surface area contributed by atoms with Crippen molar-refractivity contribution in [2.75, 3.05) is 0 Å². The first-order valence-electron chi connectivity index (χ1n) is 20.5. The molecule has 4 heteroatoms. The molecule has 0 radical (unpaired) electrons. The molecule has 2 nitrogen and oxygen atoms in total. The van der Waals surface area contributed by atoms with Gasteiger partial charge in [0.1, 0.15) is 23.0 Å². The lowest BCUT2D eigenvalue weighted by molar-refractivity contribution is 0.487. The highest BCUT2D eigenvalue weighted by Gasteiger charge is 2.30. The second-order valence-electron chi connectivity index (χ2n) is 18.4. The van der Waals surface area contributed by atoms with Crippen molar-refractivity contribution in [3.8, 4) is 67.5 Å². The maximum atomic E-state index is 6.74. The van der Waals surface area contributed by atoms with Crippen LogP contribution in [0.1, 0.15) is 0 Å². The zero-order valence-corrected chi connectivity index (χ0v) is 35.7. The zero-order valence-electron chi connectivity index (χ0n) is 33.7. The summed E-state index contributed by atoms with van der Waals surface area (Å²) in [5.41, 5.74) is 9.80. The van der Waals surface area contributed by atoms with E-state index in [-0.39, 0.29) is 0 Å². The van der Waals surface area contributed by atoms with Crippen molar-refractivity contribution in [3.63, 3.8) is 0 Å². The summed E-state index contributed by atoms with van der Waals surface area (Å²) in [4.78, 5) is 0. The molecule has 0 fully saturated rings. The molecule has 0 saturated carbocycles. The Labute approximate surface area is 340 Å². The second-order valence-corrected chi connectivity index (χ2v) is 28.5. The highest BCUT2D eigenvalue weighted by molar-refractivity contribution is 6.91. The van der Waals surface area contributed by atoms with Gasteiger partial charge in [0.25, 0.3) is 0 Å². The number of benzene rings is 10. The fourth-order valence-corrected chi connectivity index (χ4v) is 13.4. The summed E-state index contributed by atoms with van der Waals surface area (Å²) in [6.45, 7) is 15.0. The average Bonchev–Trinajstić information content (AvgIpc) is 3.22. The van der Waals surface area contributed by atoms with Crippen LogP contribution in [-0.2, 0) is 0 Å². The first-order chi connectivity index (χ1) is 28.0. The predicted octanol–water partition coefficient (Wildman–Crippen LogP) is 14.9. The maximum Gasteiger partial charge on any atom is 0.135 e. The van der Waals surface area contributed by atoms with E-state index in [9.17, 15) is 0 Å². The molecule has 10 aromatic carbocycles. The Kier molecular flexibility index (Phi) is 6.83. The largest absolute Gasteiger partial charge is 0.456 e. The summed E-state index contributed by atoms with van der Waals surface area (Å²) < 4.78 is 13.3. The molecule has 0 spiro atoms. The minimum atomic E-state index is -1.85. The van der Waals surface area contributed by atoms with Gasteiger partial charge in [-0.1, -0.05) is 165 Å². The highest BCUT2D eigenvalue weighted by Crippen LogP contribution is 2.51. The molecule has 0 atom stereocenters. The number of para-hydroxylation sites is 1. The number of rotatable bonds is 4. The van der Waals surface area contributed by atoms with Crippen LogP contribution in [0.3, 0.4) is 0 Å². The quantitative estimate of drug-likeness (QED) is 0.131. The van der Waals surface area contributed by atoms with Crippen molar-refractivity contribution >= 4 is 80.4 Å². The van der Waals surface area contributed by atoms with E-state index >= 15 is 0 Å². The lowest BCUT2D eigenvalue weighted by atomic mass is 9.84. The van der Waals surface area contributed by atoms with Crippen molar-refractivity contribution in [2.45, 2.75) is 39.3 Å². The van der Waals surface area contributed by atoms with Crippen LogP contribution in [0.4, 0.5) is 0 Å². The average molecular weight is 779 g/mol. The van der Waals surface area contributed by atoms with E-state index in [2.05, 4.69) is 185 Å². The Morgan fingerprint density at radius 1 is 0.310 bits per heavy atom. The molecule has 2 heterocycles. The van der Waals surface area contributed by atoms with Crippen LogP contribution in [0, 0.1) is 0 Å². The molecule has 0 unspecified atom stereocenters. The van der Waals surface area contributed by atoms with Crippen LogP contribution in [0.2, 0.25) is 39.3 Å². The van der Waals surface area contributed by atoms with Gasteiger partial charge in [0.15, 0.2) is 0 Å². The molecular weight excluding hydrogens is 737 g/mol. The third-order valence-electron chi connectivity index (χ3n) is 12.9. The summed E-state index contributed by atoms with van der Waals surface area (Å²) in [7, 11) is -3.69. The Morgan fingerprint density at radius 2 is 0.810 bits per heavy atom. The van der Waals surface area contributed by atoms with Gasteiger partial charge in [-0.3, -0.25) is 0 Å². The summed E-state index contributed by atoms with van der Waals surface area (Å²) in [5.74, 6) is 3.69. The lowest BCUT2D eigenvalue weighted by Gasteiger charge is -2.28. The van der Waals surface area contributed by atoms with E-state index in [1.165, 1.54) is 97.6 Å². The first kappa shape index (κ1) is 33.9. The zero-order chi connectivity index (χ0) is 39.2. The van der Waals surface area contributed by atoms with Gasteiger partial charge in [0, 0.05) is 21.9 Å². The highest BCUT2D eigenvalue weighted by atomic mass is 28.3. The Bertz CT molecular complexity index is 3410. The smallest absolute Gasteiger partial charge is 0.135 e. The molecule has 2 aliphatic rings. The summed E-state index contributed by atoms with van der Waals surface area (Å²) >= 11 is 0. The Hall–Kier alpha value is -6.21. The van der Waals surface area contributed by atoms with E-state index in [4.69, 9.17) is 9.47 Å². The molecule has 0 N–H and O–H groups in total. The van der Waals surface area contributed by atoms with E-state index in [1.807, 2.05) is 0 Å². The molecule has 0 saturated heterocycles. The Balaban J connectivity index is 1.16. The van der Waals surface area contributed by atoms with E-state index in [0.717, 1.165) is 34.1 Å². The maximum absolute atomic E-state index is 6.74. The SMILES string of the molecule is C[Si](C)(C)c1cc(-c2ccc3c(c2)Oc2cccc4cccc-3c24)c2ccc3c([Si](C)(C)C)cc(-c4ccc5c6c(cccc46)Oc4ccccc4-5)c4ccc1c2c43. The third-order valence-corrected chi connectivity index (χ3v) is 16.9. The molecule has 0 aromatic heterocycles. The molecule has 0 amide bonds. The molecule has 0 bridgehead atoms. The van der Waals surface area contributed by atoms with Crippen LogP contribution < -0.4 is 19.8 Å². The molecular formula is C54H42O2Si2. The second kappa shape index (κ2) is 11.7. The molecule has 10 aromatic rings. The molecule has 278 valence electrons. The van der Waals surface area contributed by atoms with Gasteiger partial charge in [-0.05, 0) is 107 Å². The molecule has 12 rings (SSSR count). The van der Waals surface area contributed by atoms with Crippen molar-refractivity contribution in [1.29, 1.82) is 0 Å². The van der Waals surface area contributed by atoms with Gasteiger partial charge in [0.2, 0.25) is 0 Å². The van der Waals surface area contributed by atoms with Crippen molar-refractivity contribution in [2.24, 2.45) is 0 Å². The third kappa shape index (κ3) is 4.70. The molecule has 0 aliphatic carbocycles. The topological polar surface area (TPSA) is 18.5 Å². The van der Waals surface area contributed by atoms with E-state index in [1.54, 1.807) is 0 Å². The molecule has 58 heavy (non-hydrogen) atoms. The minimum Gasteiger partial charge on any atom is -0.456 e. The fraction of sp³-hybridized carbons (Fsp3) is 0.111. The van der Waals surface area contributed by atoms with Crippen molar-refractivity contribution < 1.29 is 9.47 Å². The van der Waals surface area contributed by atoms with E-state index < -0.39 is 16.1 Å². The van der Waals surface area contributed by atoms with Crippen LogP contribution >= 0.6 is 0 Å². The number of ether oxygens (including phenoxy) is 2. The fourth-order valence-electron chi connectivity index (χ4n) is 10.2. The van der Waals surface area contributed by atoms with Crippen molar-refractivity contribution in [1.82, 2.24) is 0 Å². The van der Waals surface area contributed by atoms with Gasteiger partial charge >= 0.3 is 0 Å². The van der Waals surface area contributed by atoms with Gasteiger partial charge in [-0.15, -0.1) is 0 Å². The van der Waals surface area contributed by atoms with Crippen LogP contribution in [0.5, 0.6) is 23.0 Å². The van der Waals surface area contributed by atoms with Gasteiger partial charge in [0.05, 0.1) is 16.1 Å². The number of hydrogen-bond acceptors (Lipinski definition) is 2. The Morgan fingerprint density at radius 3 is 1.55 bits per heavy atom. The predicted molar refractivity (Wildman–Crippen MR) is 253 cm³/mol. The normalized spacial score (nSPS) is 13.3. The summed E-state index contributed by atoms with van der Waals surface area (Å²) in [6.07, 6.45) is 0. The monoisotopic (exact) mass is 778 g/mol. The van der Waals surface area contributed by atoms with E-state index in [0.29, 0.717) is 0 Å². The summed E-state index contributed by atoms with van der Waals surface area (Å²) in [5, 5.41) is 16.0. The number of fused-ring (bicyclic) bond motifs is 4. The standard InChI is InChI=1S/C54H42O2Si2/c1-57(2,3)49-29-43(32-20-21-35-37-15-9-12-31-13-10-18-46(51(31)37)56-48(35)28-32)39-24-26-42-50(58(4,5)6)30-44(40-25-27-41(49)53(39)54(40)42)33-22-23-38-34-14-7-8-17-45(34)55-47-19-11-16-36(33)52(38)47/h7-30H,1-6H3. The van der Waals surface area contributed by atoms with Gasteiger partial charge in [-0.2, -0.15) is 0 Å². The van der Waals surface area contributed by atoms with Gasteiger partial charge in [-0.25, -0.2) is 0 Å². The van der Waals surface area contributed by atoms with Crippen molar-refractivity contribution in [3.05, 3.63) is 146 Å². The lowest BCUT2D eigenvalue weighted by Crippen LogP contribution is -2.39. The van der Waals surface area contributed by atoms with Crippen LogP contribution in [-0.4, -0.2) is 16.1 Å². The number of hydrogen-bond donors (Lipinski definition) is 0. The van der Waals surface area contributed by atoms with Crippen LogP contribution in [0.25, 0.3) is 98.4 Å². The first-order valence-corrected chi connectivity index (χ1v) is 27.5. The van der Waals surface area contributed by atoms with Gasteiger partial charge < -0.3 is 9.47 Å². The summed E-state index contributed by atoms with van der Waals surface area (Å²) in [6, 6.07) is 54.3. The van der Waals surface area contributed by atoms with Crippen LogP contribution in [0.15, 0.2) is 146 Å².